The molecule has 7 heteroatoms. The van der Waals surface area contributed by atoms with Crippen molar-refractivity contribution in [3.8, 4) is 0 Å². The molecule has 0 aromatic heterocycles. The number of hydrogen-bond donors (Lipinski definition) is 2. The van der Waals surface area contributed by atoms with E-state index in [1.807, 2.05) is 12.1 Å². The lowest BCUT2D eigenvalue weighted by Crippen LogP contribution is -2.52. The maximum Gasteiger partial charge on any atom is 0.255 e. The number of carbonyl (C=O) groups excluding carboxylic acids is 3. The molecule has 3 N–H and O–H groups in total. The number of carbonyl (C=O) groups is 3. The third kappa shape index (κ3) is 3.94. The molecule has 0 bridgehead atoms. The normalized spacial score (nSPS) is 27.3. The van der Waals surface area contributed by atoms with E-state index < -0.39 is 6.04 Å². The van der Waals surface area contributed by atoms with Crippen LogP contribution in [0.2, 0.25) is 0 Å². The SMILES string of the molecule is CCN(Cc1cccc2c1CN(C1CCC(=O)NC1=O)C2=O)C1CCC(N)CC1. The highest BCUT2D eigenvalue weighted by atomic mass is 16.2. The Kier molecular flexibility index (Phi) is 5.69. The fourth-order valence-corrected chi connectivity index (χ4v) is 4.98. The van der Waals surface area contributed by atoms with Gasteiger partial charge in [-0.3, -0.25) is 24.6 Å². The van der Waals surface area contributed by atoms with E-state index in [0.29, 0.717) is 30.6 Å². The second-order valence-electron chi connectivity index (χ2n) is 8.47. The maximum absolute atomic E-state index is 13.0. The zero-order chi connectivity index (χ0) is 20.5. The molecule has 4 rings (SSSR count). The van der Waals surface area contributed by atoms with Gasteiger partial charge in [0.05, 0.1) is 0 Å². The van der Waals surface area contributed by atoms with Crippen LogP contribution in [0.25, 0.3) is 0 Å². The van der Waals surface area contributed by atoms with Gasteiger partial charge in [-0.2, -0.15) is 0 Å². The third-order valence-corrected chi connectivity index (χ3v) is 6.72. The van der Waals surface area contributed by atoms with E-state index in [1.165, 1.54) is 0 Å². The van der Waals surface area contributed by atoms with Gasteiger partial charge in [-0.05, 0) is 55.8 Å². The van der Waals surface area contributed by atoms with Gasteiger partial charge in [0.2, 0.25) is 11.8 Å². The summed E-state index contributed by atoms with van der Waals surface area (Å²) in [5.41, 5.74) is 8.94. The molecule has 7 nitrogen and oxygen atoms in total. The fourth-order valence-electron chi connectivity index (χ4n) is 4.98. The summed E-state index contributed by atoms with van der Waals surface area (Å²) in [6, 6.07) is 6.16. The van der Waals surface area contributed by atoms with Crippen molar-refractivity contribution >= 4 is 17.7 Å². The summed E-state index contributed by atoms with van der Waals surface area (Å²) in [6.45, 7) is 4.37. The number of piperidine rings is 1. The second kappa shape index (κ2) is 8.24. The summed E-state index contributed by atoms with van der Waals surface area (Å²) in [7, 11) is 0. The summed E-state index contributed by atoms with van der Waals surface area (Å²) in [5.74, 6) is -0.734. The molecule has 2 aliphatic heterocycles. The highest BCUT2D eigenvalue weighted by molar-refractivity contribution is 6.05. The molecule has 1 atom stereocenters. The van der Waals surface area contributed by atoms with Gasteiger partial charge < -0.3 is 10.6 Å². The van der Waals surface area contributed by atoms with E-state index in [0.717, 1.165) is 49.9 Å². The smallest absolute Gasteiger partial charge is 0.255 e. The first-order valence-corrected chi connectivity index (χ1v) is 10.7. The van der Waals surface area contributed by atoms with Gasteiger partial charge in [0.25, 0.3) is 5.91 Å². The molecule has 156 valence electrons. The molecule has 1 unspecified atom stereocenters. The van der Waals surface area contributed by atoms with Crippen LogP contribution in [-0.2, 0) is 22.7 Å². The topological polar surface area (TPSA) is 95.7 Å². The Hall–Kier alpha value is -2.25. The van der Waals surface area contributed by atoms with Crippen molar-refractivity contribution in [1.82, 2.24) is 15.1 Å². The molecule has 29 heavy (non-hydrogen) atoms. The largest absolute Gasteiger partial charge is 0.328 e. The fraction of sp³-hybridized carbons (Fsp3) is 0.591. The zero-order valence-corrected chi connectivity index (χ0v) is 17.0. The van der Waals surface area contributed by atoms with Crippen LogP contribution in [0.15, 0.2) is 18.2 Å². The molecule has 2 heterocycles. The summed E-state index contributed by atoms with van der Waals surface area (Å²) >= 11 is 0. The number of nitrogens with zero attached hydrogens (tertiary/aromatic N) is 2. The van der Waals surface area contributed by atoms with Gasteiger partial charge in [0.1, 0.15) is 6.04 Å². The number of nitrogens with one attached hydrogen (secondary N) is 1. The lowest BCUT2D eigenvalue weighted by atomic mass is 9.90. The summed E-state index contributed by atoms with van der Waals surface area (Å²) in [5, 5.41) is 2.37. The zero-order valence-electron chi connectivity index (χ0n) is 17.0. The van der Waals surface area contributed by atoms with E-state index in [-0.39, 0.29) is 24.1 Å². The molecule has 1 aromatic rings. The number of fused-ring (bicyclic) bond motifs is 1. The van der Waals surface area contributed by atoms with Gasteiger partial charge in [-0.25, -0.2) is 0 Å². The van der Waals surface area contributed by atoms with Crippen molar-refractivity contribution in [3.63, 3.8) is 0 Å². The molecule has 0 radical (unpaired) electrons. The van der Waals surface area contributed by atoms with Crippen molar-refractivity contribution in [2.24, 2.45) is 5.73 Å². The van der Waals surface area contributed by atoms with Crippen molar-refractivity contribution in [2.45, 2.75) is 76.7 Å². The quantitative estimate of drug-likeness (QED) is 0.734. The number of rotatable bonds is 5. The van der Waals surface area contributed by atoms with Crippen molar-refractivity contribution in [3.05, 3.63) is 34.9 Å². The van der Waals surface area contributed by atoms with Gasteiger partial charge in [-0.1, -0.05) is 19.1 Å². The average molecular weight is 399 g/mol. The lowest BCUT2D eigenvalue weighted by Gasteiger charge is -2.36. The number of imide groups is 1. The Balaban J connectivity index is 1.52. The van der Waals surface area contributed by atoms with Crippen LogP contribution >= 0.6 is 0 Å². The van der Waals surface area contributed by atoms with Crippen LogP contribution in [0.1, 0.15) is 66.9 Å². The first-order valence-electron chi connectivity index (χ1n) is 10.7. The number of amides is 3. The standard InChI is InChI=1S/C22H30N4O3/c1-2-25(16-8-6-15(23)7-9-16)12-14-4-3-5-17-18(14)13-26(22(17)29)19-10-11-20(27)24-21(19)28/h3-5,15-16,19H,2,6-13,23H2,1H3,(H,24,27,28). The van der Waals surface area contributed by atoms with E-state index in [1.54, 1.807) is 4.90 Å². The Morgan fingerprint density at radius 2 is 1.90 bits per heavy atom. The van der Waals surface area contributed by atoms with Crippen LogP contribution in [0, 0.1) is 0 Å². The first-order chi connectivity index (χ1) is 14.0. The number of nitrogens with two attached hydrogens (primary N) is 1. The monoisotopic (exact) mass is 398 g/mol. The minimum atomic E-state index is -0.567. The van der Waals surface area contributed by atoms with Crippen LogP contribution in [0.5, 0.6) is 0 Å². The van der Waals surface area contributed by atoms with Gasteiger partial charge in [0, 0.05) is 37.2 Å². The molecule has 1 saturated heterocycles. The minimum absolute atomic E-state index is 0.108. The summed E-state index contributed by atoms with van der Waals surface area (Å²) < 4.78 is 0. The Bertz CT molecular complexity index is 816. The molecule has 0 spiro atoms. The van der Waals surface area contributed by atoms with Crippen LogP contribution in [0.3, 0.4) is 0 Å². The highest BCUT2D eigenvalue weighted by Gasteiger charge is 2.40. The van der Waals surface area contributed by atoms with Crippen molar-refractivity contribution < 1.29 is 14.4 Å². The highest BCUT2D eigenvalue weighted by Crippen LogP contribution is 2.31. The molecular formula is C22H30N4O3. The lowest BCUT2D eigenvalue weighted by molar-refractivity contribution is -0.136. The summed E-state index contributed by atoms with van der Waals surface area (Å²) in [4.78, 5) is 40.9. The van der Waals surface area contributed by atoms with Crippen LogP contribution in [0.4, 0.5) is 0 Å². The van der Waals surface area contributed by atoms with Gasteiger partial charge in [0.15, 0.2) is 0 Å². The molecule has 1 saturated carbocycles. The molecule has 2 fully saturated rings. The molecule has 1 aromatic carbocycles. The first kappa shape index (κ1) is 20.0. The van der Waals surface area contributed by atoms with E-state index in [4.69, 9.17) is 5.73 Å². The Labute approximate surface area is 171 Å². The second-order valence-corrected chi connectivity index (χ2v) is 8.47. The molecular weight excluding hydrogens is 368 g/mol. The van der Waals surface area contributed by atoms with Crippen molar-refractivity contribution in [1.29, 1.82) is 0 Å². The van der Waals surface area contributed by atoms with Crippen LogP contribution in [-0.4, -0.2) is 52.2 Å². The number of hydrogen-bond acceptors (Lipinski definition) is 5. The Morgan fingerprint density at radius 1 is 1.14 bits per heavy atom. The minimum Gasteiger partial charge on any atom is -0.328 e. The maximum atomic E-state index is 13.0. The van der Waals surface area contributed by atoms with Gasteiger partial charge >= 0.3 is 0 Å². The molecule has 1 aliphatic carbocycles. The van der Waals surface area contributed by atoms with Gasteiger partial charge in [-0.15, -0.1) is 0 Å². The molecule has 3 aliphatic rings. The summed E-state index contributed by atoms with van der Waals surface area (Å²) in [6.07, 6.45) is 5.03. The van der Waals surface area contributed by atoms with E-state index >= 15 is 0 Å². The predicted octanol–water partition coefficient (Wildman–Crippen LogP) is 1.54. The molecule has 3 amide bonds. The van der Waals surface area contributed by atoms with Crippen LogP contribution < -0.4 is 11.1 Å². The van der Waals surface area contributed by atoms with E-state index in [2.05, 4.69) is 23.2 Å². The average Bonchev–Trinajstić information content (AvgIpc) is 3.04. The third-order valence-electron chi connectivity index (χ3n) is 6.72. The van der Waals surface area contributed by atoms with Crippen molar-refractivity contribution in [2.75, 3.05) is 6.54 Å². The van der Waals surface area contributed by atoms with E-state index in [9.17, 15) is 14.4 Å². The Morgan fingerprint density at radius 3 is 2.59 bits per heavy atom. The predicted molar refractivity (Wildman–Crippen MR) is 109 cm³/mol. The number of benzene rings is 1.